The number of carboxylic acid groups (broad SMARTS) is 1. The summed E-state index contributed by atoms with van der Waals surface area (Å²) < 4.78 is 7.62. The highest BCUT2D eigenvalue weighted by molar-refractivity contribution is 6.99. The van der Waals surface area contributed by atoms with Gasteiger partial charge in [-0.2, -0.15) is 8.75 Å². The van der Waals surface area contributed by atoms with E-state index < -0.39 is 5.97 Å². The van der Waals surface area contributed by atoms with Crippen LogP contribution in [0.1, 0.15) is 43.6 Å². The molecule has 0 aromatic carbocycles. The summed E-state index contributed by atoms with van der Waals surface area (Å²) >= 11 is 0.998. The van der Waals surface area contributed by atoms with Gasteiger partial charge >= 0.3 is 5.97 Å². The fraction of sp³-hybridized carbons (Fsp3) is 0.667. The molecule has 7 heteroatoms. The third-order valence-corrected chi connectivity index (χ3v) is 3.54. The highest BCUT2D eigenvalue weighted by atomic mass is 32.1. The van der Waals surface area contributed by atoms with E-state index in [4.69, 9.17) is 5.11 Å². The van der Waals surface area contributed by atoms with Gasteiger partial charge in [0.25, 0.3) is 5.91 Å². The zero-order valence-electron chi connectivity index (χ0n) is 11.1. The summed E-state index contributed by atoms with van der Waals surface area (Å²) in [6, 6.07) is 0. The normalized spacial score (nSPS) is 12.4. The lowest BCUT2D eigenvalue weighted by Crippen LogP contribution is -2.27. The maximum Gasteiger partial charge on any atom is 0.303 e. The topological polar surface area (TPSA) is 92.2 Å². The molecule has 0 aliphatic rings. The minimum Gasteiger partial charge on any atom is -0.481 e. The van der Waals surface area contributed by atoms with Crippen molar-refractivity contribution in [1.29, 1.82) is 0 Å². The number of carboxylic acids is 1. The molecule has 6 nitrogen and oxygen atoms in total. The average molecular weight is 285 g/mol. The Morgan fingerprint density at radius 3 is 2.68 bits per heavy atom. The summed E-state index contributed by atoms with van der Waals surface area (Å²) in [5.74, 6) is -0.306. The SMILES string of the molecule is CC(C)C(CCNC(=O)c1cnsn1)CCC(=O)O. The number of aromatic nitrogens is 2. The highest BCUT2D eigenvalue weighted by Crippen LogP contribution is 2.20. The molecule has 0 aliphatic carbocycles. The molecule has 0 bridgehead atoms. The van der Waals surface area contributed by atoms with Crippen molar-refractivity contribution in [2.24, 2.45) is 11.8 Å². The van der Waals surface area contributed by atoms with E-state index in [0.717, 1.165) is 18.1 Å². The maximum absolute atomic E-state index is 11.6. The van der Waals surface area contributed by atoms with Crippen LogP contribution in [0.25, 0.3) is 0 Å². The molecule has 1 heterocycles. The Kier molecular flexibility index (Phi) is 6.41. The van der Waals surface area contributed by atoms with Crippen molar-refractivity contribution in [3.63, 3.8) is 0 Å². The van der Waals surface area contributed by atoms with Crippen molar-refractivity contribution in [1.82, 2.24) is 14.1 Å². The summed E-state index contributed by atoms with van der Waals surface area (Å²) in [5, 5.41) is 11.5. The van der Waals surface area contributed by atoms with Crippen molar-refractivity contribution in [3.8, 4) is 0 Å². The van der Waals surface area contributed by atoms with E-state index >= 15 is 0 Å². The van der Waals surface area contributed by atoms with Gasteiger partial charge in [-0.25, -0.2) is 0 Å². The van der Waals surface area contributed by atoms with Crippen LogP contribution >= 0.6 is 11.7 Å². The molecule has 1 rings (SSSR count). The average Bonchev–Trinajstić information content (AvgIpc) is 2.86. The van der Waals surface area contributed by atoms with Gasteiger partial charge in [-0.3, -0.25) is 9.59 Å². The zero-order valence-corrected chi connectivity index (χ0v) is 11.9. The third kappa shape index (κ3) is 5.78. The number of carbonyl (C=O) groups excluding carboxylic acids is 1. The number of hydrogen-bond acceptors (Lipinski definition) is 5. The number of rotatable bonds is 8. The molecule has 1 atom stereocenters. The van der Waals surface area contributed by atoms with E-state index in [9.17, 15) is 9.59 Å². The lowest BCUT2D eigenvalue weighted by atomic mass is 9.88. The molecule has 19 heavy (non-hydrogen) atoms. The summed E-state index contributed by atoms with van der Waals surface area (Å²) in [5.41, 5.74) is 0.330. The molecule has 0 saturated carbocycles. The van der Waals surface area contributed by atoms with Crippen LogP contribution in [0.15, 0.2) is 6.20 Å². The van der Waals surface area contributed by atoms with Gasteiger partial charge in [0.2, 0.25) is 0 Å². The standard InChI is InChI=1S/C12H19N3O3S/c1-8(2)9(3-4-11(16)17)5-6-13-12(18)10-7-14-19-15-10/h7-9H,3-6H2,1-2H3,(H,13,18)(H,16,17). The highest BCUT2D eigenvalue weighted by Gasteiger charge is 2.16. The van der Waals surface area contributed by atoms with Gasteiger partial charge in [-0.15, -0.1) is 0 Å². The second-order valence-electron chi connectivity index (χ2n) is 4.77. The van der Waals surface area contributed by atoms with E-state index in [1.54, 1.807) is 0 Å². The number of carbonyl (C=O) groups is 2. The lowest BCUT2D eigenvalue weighted by molar-refractivity contribution is -0.137. The molecule has 0 saturated heterocycles. The van der Waals surface area contributed by atoms with Crippen LogP contribution in [0.4, 0.5) is 0 Å². The van der Waals surface area contributed by atoms with Gasteiger partial charge in [-0.05, 0) is 24.7 Å². The summed E-state index contributed by atoms with van der Waals surface area (Å²) in [7, 11) is 0. The second-order valence-corrected chi connectivity index (χ2v) is 5.33. The first-order chi connectivity index (χ1) is 9.00. The molecule has 106 valence electrons. The van der Waals surface area contributed by atoms with Crippen LogP contribution in [0.3, 0.4) is 0 Å². The number of amides is 1. The van der Waals surface area contributed by atoms with Gasteiger partial charge in [0.1, 0.15) is 0 Å². The maximum atomic E-state index is 11.6. The largest absolute Gasteiger partial charge is 0.481 e. The Balaban J connectivity index is 2.32. The number of nitrogens with one attached hydrogen (secondary N) is 1. The fourth-order valence-electron chi connectivity index (χ4n) is 1.85. The molecular weight excluding hydrogens is 266 g/mol. The van der Waals surface area contributed by atoms with E-state index in [0.29, 0.717) is 30.5 Å². The predicted octanol–water partition coefficient (Wildman–Crippen LogP) is 1.80. The van der Waals surface area contributed by atoms with Crippen LogP contribution in [0.5, 0.6) is 0 Å². The Morgan fingerprint density at radius 2 is 2.16 bits per heavy atom. The third-order valence-electron chi connectivity index (χ3n) is 3.07. The van der Waals surface area contributed by atoms with E-state index in [1.807, 2.05) is 0 Å². The van der Waals surface area contributed by atoms with Crippen molar-refractivity contribution in [2.45, 2.75) is 33.1 Å². The molecule has 0 radical (unpaired) electrons. The number of hydrogen-bond donors (Lipinski definition) is 2. The Morgan fingerprint density at radius 1 is 1.42 bits per heavy atom. The van der Waals surface area contributed by atoms with Crippen molar-refractivity contribution >= 4 is 23.6 Å². The van der Waals surface area contributed by atoms with Crippen LogP contribution in [-0.4, -0.2) is 32.3 Å². The van der Waals surface area contributed by atoms with Gasteiger partial charge in [0.15, 0.2) is 5.69 Å². The fourth-order valence-corrected chi connectivity index (χ4v) is 2.26. The molecule has 0 fully saturated rings. The molecule has 1 aromatic heterocycles. The van der Waals surface area contributed by atoms with Crippen LogP contribution in [0.2, 0.25) is 0 Å². The van der Waals surface area contributed by atoms with E-state index in [2.05, 4.69) is 27.9 Å². The molecule has 1 unspecified atom stereocenters. The predicted molar refractivity (Wildman–Crippen MR) is 72.1 cm³/mol. The van der Waals surface area contributed by atoms with Crippen molar-refractivity contribution in [2.75, 3.05) is 6.54 Å². The molecule has 1 amide bonds. The van der Waals surface area contributed by atoms with Crippen molar-refractivity contribution < 1.29 is 14.7 Å². The number of aliphatic carboxylic acids is 1. The Hall–Kier alpha value is -1.50. The molecule has 2 N–H and O–H groups in total. The first-order valence-electron chi connectivity index (χ1n) is 6.28. The quantitative estimate of drug-likeness (QED) is 0.759. The summed E-state index contributed by atoms with van der Waals surface area (Å²) in [6.07, 6.45) is 3.02. The van der Waals surface area contributed by atoms with Crippen LogP contribution < -0.4 is 5.32 Å². The lowest BCUT2D eigenvalue weighted by Gasteiger charge is -2.20. The first kappa shape index (κ1) is 15.6. The van der Waals surface area contributed by atoms with Crippen LogP contribution in [-0.2, 0) is 4.79 Å². The van der Waals surface area contributed by atoms with Crippen LogP contribution in [0, 0.1) is 11.8 Å². The minimum atomic E-state index is -0.775. The summed E-state index contributed by atoms with van der Waals surface area (Å²) in [6.45, 7) is 4.66. The number of nitrogens with zero attached hydrogens (tertiary/aromatic N) is 2. The van der Waals surface area contributed by atoms with E-state index in [-0.39, 0.29) is 12.3 Å². The first-order valence-corrected chi connectivity index (χ1v) is 7.01. The van der Waals surface area contributed by atoms with Crippen molar-refractivity contribution in [3.05, 3.63) is 11.9 Å². The smallest absolute Gasteiger partial charge is 0.303 e. The van der Waals surface area contributed by atoms with Gasteiger partial charge in [0, 0.05) is 13.0 Å². The summed E-state index contributed by atoms with van der Waals surface area (Å²) in [4.78, 5) is 22.2. The Bertz CT molecular complexity index is 406. The van der Waals surface area contributed by atoms with Gasteiger partial charge in [0.05, 0.1) is 17.9 Å². The van der Waals surface area contributed by atoms with E-state index in [1.165, 1.54) is 6.20 Å². The monoisotopic (exact) mass is 285 g/mol. The molecular formula is C12H19N3O3S. The van der Waals surface area contributed by atoms with Gasteiger partial charge in [-0.1, -0.05) is 13.8 Å². The minimum absolute atomic E-state index is 0.173. The van der Waals surface area contributed by atoms with Gasteiger partial charge < -0.3 is 10.4 Å². The Labute approximate surface area is 116 Å². The molecule has 0 spiro atoms. The zero-order chi connectivity index (χ0) is 14.3. The molecule has 1 aromatic rings. The second kappa shape index (κ2) is 7.83. The molecule has 0 aliphatic heterocycles.